The molecule has 4 saturated carbocycles. The first-order valence-electron chi connectivity index (χ1n) is 10.9. The molecule has 0 saturated heterocycles. The van der Waals surface area contributed by atoms with Crippen LogP contribution in [-0.2, 0) is 9.47 Å². The summed E-state index contributed by atoms with van der Waals surface area (Å²) in [5, 5.41) is 21.9. The van der Waals surface area contributed by atoms with Crippen LogP contribution in [0, 0.1) is 34.5 Å². The highest BCUT2D eigenvalue weighted by atomic mass is 16.5. The lowest BCUT2D eigenvalue weighted by molar-refractivity contribution is -0.201. The Morgan fingerprint density at radius 1 is 1.00 bits per heavy atom. The minimum absolute atomic E-state index is 0.0865. The molecule has 0 aliphatic heterocycles. The minimum Gasteiger partial charge on any atom is -0.393 e. The molecule has 4 fully saturated rings. The summed E-state index contributed by atoms with van der Waals surface area (Å²) in [6, 6.07) is 0. The van der Waals surface area contributed by atoms with E-state index in [4.69, 9.17) is 9.47 Å². The number of aliphatic hydroxyl groups is 2. The van der Waals surface area contributed by atoms with E-state index in [9.17, 15) is 10.2 Å². The molecule has 4 aliphatic rings. The Labute approximate surface area is 158 Å². The number of ether oxygens (including phenoxy) is 2. The van der Waals surface area contributed by atoms with Crippen LogP contribution in [0.5, 0.6) is 0 Å². The number of rotatable bonds is 4. The molecule has 0 aromatic heterocycles. The lowest BCUT2D eigenvalue weighted by Crippen LogP contribution is -2.60. The fourth-order valence-electron chi connectivity index (χ4n) is 7.84. The summed E-state index contributed by atoms with van der Waals surface area (Å²) in [6.07, 6.45) is 8.41. The second-order valence-corrected chi connectivity index (χ2v) is 10.3. The molecule has 0 bridgehead atoms. The minimum atomic E-state index is -0.376. The quantitative estimate of drug-likeness (QED) is 0.749. The van der Waals surface area contributed by atoms with Gasteiger partial charge in [-0.3, -0.25) is 0 Å². The molecule has 4 aliphatic carbocycles. The summed E-state index contributed by atoms with van der Waals surface area (Å²) in [4.78, 5) is 0. The zero-order valence-corrected chi connectivity index (χ0v) is 16.8. The summed E-state index contributed by atoms with van der Waals surface area (Å²) >= 11 is 0. The van der Waals surface area contributed by atoms with E-state index >= 15 is 0 Å². The Morgan fingerprint density at radius 2 is 1.81 bits per heavy atom. The molecular weight excluding hydrogens is 328 g/mol. The van der Waals surface area contributed by atoms with Crippen LogP contribution < -0.4 is 0 Å². The maximum Gasteiger partial charge on any atom is 0.0840 e. The molecule has 9 atom stereocenters. The van der Waals surface area contributed by atoms with E-state index in [1.807, 2.05) is 0 Å². The first-order valence-corrected chi connectivity index (χ1v) is 10.9. The standard InChI is InChI=1S/C22H38O4/c1-21-8-4-5-16(21)15-7-6-14-11-17(23)19(26-10-9-25-3)13-22(14,2)20(15)18(24)12-21/h14-20,23-24H,4-13H2,1-3H3/t14-,15-,16-,17-,18-,19-,20+,21-,22-/m0/s1. The average Bonchev–Trinajstić information content (AvgIpc) is 2.97. The number of methoxy groups -OCH3 is 1. The fraction of sp³-hybridized carbons (Fsp3) is 1.00. The monoisotopic (exact) mass is 366 g/mol. The van der Waals surface area contributed by atoms with Gasteiger partial charge in [-0.1, -0.05) is 20.3 Å². The van der Waals surface area contributed by atoms with Crippen molar-refractivity contribution >= 4 is 0 Å². The number of hydrogen-bond acceptors (Lipinski definition) is 4. The van der Waals surface area contributed by atoms with Gasteiger partial charge in [-0.2, -0.15) is 0 Å². The largest absolute Gasteiger partial charge is 0.393 e. The zero-order chi connectivity index (χ0) is 18.5. The second-order valence-electron chi connectivity index (χ2n) is 10.3. The second kappa shape index (κ2) is 7.02. The van der Waals surface area contributed by atoms with Crippen molar-refractivity contribution in [1.29, 1.82) is 0 Å². The van der Waals surface area contributed by atoms with Crippen molar-refractivity contribution in [2.45, 2.75) is 83.5 Å². The maximum absolute atomic E-state index is 11.3. The van der Waals surface area contributed by atoms with Crippen molar-refractivity contribution in [2.24, 2.45) is 34.5 Å². The van der Waals surface area contributed by atoms with Crippen molar-refractivity contribution in [1.82, 2.24) is 0 Å². The lowest BCUT2D eigenvalue weighted by atomic mass is 9.44. The van der Waals surface area contributed by atoms with Gasteiger partial charge < -0.3 is 19.7 Å². The van der Waals surface area contributed by atoms with E-state index in [1.165, 1.54) is 32.1 Å². The van der Waals surface area contributed by atoms with Gasteiger partial charge in [-0.25, -0.2) is 0 Å². The molecular formula is C22H38O4. The molecule has 0 spiro atoms. The van der Waals surface area contributed by atoms with Gasteiger partial charge in [0, 0.05) is 7.11 Å². The fourth-order valence-corrected chi connectivity index (χ4v) is 7.84. The first kappa shape index (κ1) is 19.2. The van der Waals surface area contributed by atoms with Gasteiger partial charge in [0.25, 0.3) is 0 Å². The number of hydrogen-bond donors (Lipinski definition) is 2. The molecule has 0 heterocycles. The Kier molecular flexibility index (Phi) is 5.18. The van der Waals surface area contributed by atoms with Gasteiger partial charge >= 0.3 is 0 Å². The van der Waals surface area contributed by atoms with Crippen LogP contribution in [0.4, 0.5) is 0 Å². The summed E-state index contributed by atoms with van der Waals surface area (Å²) in [7, 11) is 1.68. The van der Waals surface area contributed by atoms with Gasteiger partial charge in [-0.15, -0.1) is 0 Å². The molecule has 4 heteroatoms. The lowest BCUT2D eigenvalue weighted by Gasteiger charge is -2.62. The van der Waals surface area contributed by atoms with Crippen molar-refractivity contribution in [3.63, 3.8) is 0 Å². The summed E-state index contributed by atoms with van der Waals surface area (Å²) in [6.45, 7) is 5.93. The molecule has 4 rings (SSSR count). The molecule has 0 unspecified atom stereocenters. The highest BCUT2D eigenvalue weighted by Crippen LogP contribution is 2.66. The summed E-state index contributed by atoms with van der Waals surface area (Å²) < 4.78 is 11.1. The van der Waals surface area contributed by atoms with Gasteiger partial charge in [0.15, 0.2) is 0 Å². The van der Waals surface area contributed by atoms with Gasteiger partial charge in [-0.05, 0) is 79.4 Å². The summed E-state index contributed by atoms with van der Waals surface area (Å²) in [5.41, 5.74) is 0.440. The smallest absolute Gasteiger partial charge is 0.0840 e. The third-order valence-corrected chi connectivity index (χ3v) is 8.98. The van der Waals surface area contributed by atoms with Crippen LogP contribution in [0.15, 0.2) is 0 Å². The predicted octanol–water partition coefficient (Wildman–Crippen LogP) is 3.39. The van der Waals surface area contributed by atoms with Crippen molar-refractivity contribution in [3.05, 3.63) is 0 Å². The Balaban J connectivity index is 1.57. The van der Waals surface area contributed by atoms with E-state index in [0.29, 0.717) is 36.4 Å². The van der Waals surface area contributed by atoms with Crippen LogP contribution >= 0.6 is 0 Å². The van der Waals surface area contributed by atoms with Crippen LogP contribution in [-0.4, -0.2) is 48.8 Å². The molecule has 0 aromatic rings. The van der Waals surface area contributed by atoms with Gasteiger partial charge in [0.2, 0.25) is 0 Å². The first-order chi connectivity index (χ1) is 12.4. The summed E-state index contributed by atoms with van der Waals surface area (Å²) in [5.74, 6) is 2.33. The van der Waals surface area contributed by atoms with Crippen LogP contribution in [0.2, 0.25) is 0 Å². The van der Waals surface area contributed by atoms with E-state index < -0.39 is 0 Å². The predicted molar refractivity (Wildman–Crippen MR) is 101 cm³/mol. The molecule has 2 N–H and O–H groups in total. The maximum atomic E-state index is 11.3. The molecule has 0 aromatic carbocycles. The highest BCUT2D eigenvalue weighted by Gasteiger charge is 2.62. The van der Waals surface area contributed by atoms with Crippen molar-refractivity contribution < 1.29 is 19.7 Å². The van der Waals surface area contributed by atoms with Crippen LogP contribution in [0.1, 0.15) is 65.2 Å². The van der Waals surface area contributed by atoms with E-state index in [0.717, 1.165) is 25.2 Å². The van der Waals surface area contributed by atoms with Crippen LogP contribution in [0.3, 0.4) is 0 Å². The van der Waals surface area contributed by atoms with Crippen molar-refractivity contribution in [2.75, 3.05) is 20.3 Å². The normalized spacial score (nSPS) is 53.7. The average molecular weight is 367 g/mol. The Hall–Kier alpha value is -0.160. The third-order valence-electron chi connectivity index (χ3n) is 8.98. The van der Waals surface area contributed by atoms with E-state index in [1.54, 1.807) is 7.11 Å². The zero-order valence-electron chi connectivity index (χ0n) is 16.8. The number of fused-ring (bicyclic) bond motifs is 5. The SMILES string of the molecule is COCCO[C@H]1C[C@@]2(C)[C@@H](CC[C@@H]3[C@@H]2[C@@H](O)C[C@]2(C)CCC[C@@H]32)C[C@@H]1O. The molecule has 4 nitrogen and oxygen atoms in total. The molecule has 0 radical (unpaired) electrons. The van der Waals surface area contributed by atoms with Crippen LogP contribution in [0.25, 0.3) is 0 Å². The third kappa shape index (κ3) is 2.96. The molecule has 26 heavy (non-hydrogen) atoms. The molecule has 150 valence electrons. The molecule has 0 amide bonds. The topological polar surface area (TPSA) is 58.9 Å². The van der Waals surface area contributed by atoms with E-state index in [2.05, 4.69) is 13.8 Å². The van der Waals surface area contributed by atoms with Gasteiger partial charge in [0.1, 0.15) is 0 Å². The Bertz CT molecular complexity index is 510. The van der Waals surface area contributed by atoms with E-state index in [-0.39, 0.29) is 23.7 Å². The number of aliphatic hydroxyl groups excluding tert-OH is 2. The van der Waals surface area contributed by atoms with Crippen molar-refractivity contribution in [3.8, 4) is 0 Å². The highest BCUT2D eigenvalue weighted by molar-refractivity contribution is 5.11. The Morgan fingerprint density at radius 3 is 2.58 bits per heavy atom. The van der Waals surface area contributed by atoms with Gasteiger partial charge in [0.05, 0.1) is 31.5 Å².